The van der Waals surface area contributed by atoms with E-state index in [4.69, 9.17) is 5.73 Å². The van der Waals surface area contributed by atoms with E-state index in [9.17, 15) is 18.7 Å². The Morgan fingerprint density at radius 1 is 1.16 bits per heavy atom. The Kier molecular flexibility index (Phi) is 6.04. The summed E-state index contributed by atoms with van der Waals surface area (Å²) in [5.74, 6) is -2.44. The highest BCUT2D eigenvalue weighted by Gasteiger charge is 2.13. The van der Waals surface area contributed by atoms with Crippen LogP contribution in [0.2, 0.25) is 0 Å². The number of carbonyl (C=O) groups excluding carboxylic acids is 1. The molecule has 0 aliphatic rings. The van der Waals surface area contributed by atoms with Crippen molar-refractivity contribution in [3.05, 3.63) is 76.9 Å². The van der Waals surface area contributed by atoms with Crippen molar-refractivity contribution in [3.8, 4) is 0 Å². The number of rotatable bonds is 6. The van der Waals surface area contributed by atoms with Crippen LogP contribution in [0.15, 0.2) is 48.5 Å². The fourth-order valence-electron chi connectivity index (χ4n) is 2.48. The second-order valence-electron chi connectivity index (χ2n) is 6.18. The van der Waals surface area contributed by atoms with Crippen LogP contribution in [0.4, 0.5) is 8.78 Å². The van der Waals surface area contributed by atoms with E-state index in [-0.39, 0.29) is 12.0 Å². The summed E-state index contributed by atoms with van der Waals surface area (Å²) in [7, 11) is 0. The third kappa shape index (κ3) is 4.73. The maximum atomic E-state index is 14.2. The molecule has 3 nitrogen and oxygen atoms in total. The molecule has 0 saturated carbocycles. The van der Waals surface area contributed by atoms with Gasteiger partial charge in [-0.2, -0.15) is 0 Å². The quantitative estimate of drug-likeness (QED) is 0.876. The van der Waals surface area contributed by atoms with Crippen LogP contribution < -0.4 is 10.8 Å². The van der Waals surface area contributed by atoms with E-state index in [0.29, 0.717) is 17.1 Å². The summed E-state index contributed by atoms with van der Waals surface area (Å²) in [6.45, 7) is 4.12. The number of benzene rings is 2. The van der Waals surface area contributed by atoms with Gasteiger partial charge in [0.25, 0.3) is 0 Å². The van der Waals surface area contributed by atoms with Gasteiger partial charge in [-0.3, -0.25) is 0 Å². The highest BCUT2D eigenvalue weighted by atomic mass is 19.1. The number of nitrogens with two attached hydrogens (primary N) is 1. The van der Waals surface area contributed by atoms with Crippen molar-refractivity contribution in [2.24, 2.45) is 5.73 Å². The zero-order valence-corrected chi connectivity index (χ0v) is 14.1. The Morgan fingerprint density at radius 3 is 2.32 bits per heavy atom. The average molecular weight is 344 g/mol. The van der Waals surface area contributed by atoms with Crippen LogP contribution in [0.3, 0.4) is 0 Å². The van der Waals surface area contributed by atoms with Crippen molar-refractivity contribution in [2.45, 2.75) is 32.2 Å². The van der Waals surface area contributed by atoms with Crippen molar-refractivity contribution >= 4 is 11.5 Å². The van der Waals surface area contributed by atoms with E-state index in [1.807, 2.05) is 24.3 Å². The van der Waals surface area contributed by atoms with Gasteiger partial charge in [-0.15, -0.1) is 0 Å². The molecular formula is C20H20F2NO2-. The lowest BCUT2D eigenvalue weighted by Gasteiger charge is -2.14. The van der Waals surface area contributed by atoms with Crippen LogP contribution in [-0.2, 0) is 4.79 Å². The molecule has 0 fully saturated rings. The standard InChI is InChI=1S/C20H21F2NO2/c1-12(2)13-3-5-14(6-4-13)16(9-10-19(23)20(24)25)17-8-7-15(21)11-18(17)22/h3-9,11-12,19H,10,23H2,1-2H3,(H,24,25)/p-1/b16-9+/t19-/m0/s1. The van der Waals surface area contributed by atoms with E-state index in [2.05, 4.69) is 13.8 Å². The topological polar surface area (TPSA) is 66.2 Å². The zero-order valence-electron chi connectivity index (χ0n) is 14.1. The Morgan fingerprint density at radius 2 is 1.80 bits per heavy atom. The molecule has 0 bridgehead atoms. The fraction of sp³-hybridized carbons (Fsp3) is 0.250. The molecule has 0 unspecified atom stereocenters. The second-order valence-corrected chi connectivity index (χ2v) is 6.18. The predicted molar refractivity (Wildman–Crippen MR) is 91.6 cm³/mol. The molecule has 0 heterocycles. The monoisotopic (exact) mass is 344 g/mol. The fourth-order valence-corrected chi connectivity index (χ4v) is 2.48. The van der Waals surface area contributed by atoms with E-state index < -0.39 is 23.6 Å². The van der Waals surface area contributed by atoms with Crippen LogP contribution in [0, 0.1) is 11.6 Å². The first-order chi connectivity index (χ1) is 11.8. The van der Waals surface area contributed by atoms with Crippen molar-refractivity contribution in [1.82, 2.24) is 0 Å². The van der Waals surface area contributed by atoms with E-state index in [0.717, 1.165) is 17.7 Å². The van der Waals surface area contributed by atoms with E-state index >= 15 is 0 Å². The van der Waals surface area contributed by atoms with E-state index in [1.54, 1.807) is 6.08 Å². The molecule has 0 amide bonds. The van der Waals surface area contributed by atoms with Gasteiger partial charge in [-0.05, 0) is 41.2 Å². The van der Waals surface area contributed by atoms with Gasteiger partial charge in [0.05, 0.1) is 5.97 Å². The minimum absolute atomic E-state index is 0.0274. The molecule has 0 aliphatic carbocycles. The van der Waals surface area contributed by atoms with Gasteiger partial charge in [-0.1, -0.05) is 44.2 Å². The summed E-state index contributed by atoms with van der Waals surface area (Å²) < 4.78 is 27.4. The first kappa shape index (κ1) is 18.8. The molecule has 5 heteroatoms. The molecule has 1 atom stereocenters. The highest BCUT2D eigenvalue weighted by molar-refractivity contribution is 5.81. The van der Waals surface area contributed by atoms with E-state index in [1.165, 1.54) is 6.07 Å². The lowest BCUT2D eigenvalue weighted by Crippen LogP contribution is -2.41. The Balaban J connectivity index is 2.48. The van der Waals surface area contributed by atoms with Crippen LogP contribution >= 0.6 is 0 Å². The summed E-state index contributed by atoms with van der Waals surface area (Å²) in [5.41, 5.74) is 7.95. The predicted octanol–water partition coefficient (Wildman–Crippen LogP) is 2.99. The summed E-state index contributed by atoms with van der Waals surface area (Å²) in [4.78, 5) is 10.8. The van der Waals surface area contributed by atoms with Gasteiger partial charge < -0.3 is 15.6 Å². The smallest absolute Gasteiger partial charge is 0.133 e. The first-order valence-corrected chi connectivity index (χ1v) is 8.02. The Labute approximate surface area is 145 Å². The molecule has 0 spiro atoms. The Bertz CT molecular complexity index is 783. The van der Waals surface area contributed by atoms with Gasteiger partial charge in [0.2, 0.25) is 0 Å². The maximum absolute atomic E-state index is 14.2. The average Bonchev–Trinajstić information content (AvgIpc) is 2.56. The normalized spacial score (nSPS) is 13.1. The molecule has 0 saturated heterocycles. The largest absolute Gasteiger partial charge is 0.548 e. The van der Waals surface area contributed by atoms with Crippen LogP contribution in [0.5, 0.6) is 0 Å². The van der Waals surface area contributed by atoms with Crippen LogP contribution in [0.1, 0.15) is 42.9 Å². The summed E-state index contributed by atoms with van der Waals surface area (Å²) in [5, 5.41) is 10.8. The molecule has 0 aliphatic heterocycles. The third-order valence-corrected chi connectivity index (χ3v) is 3.99. The second kappa shape index (κ2) is 8.03. The summed E-state index contributed by atoms with van der Waals surface area (Å²) in [6, 6.07) is 9.59. The van der Waals surface area contributed by atoms with Crippen molar-refractivity contribution in [1.29, 1.82) is 0 Å². The molecule has 132 valence electrons. The number of hydrogen-bond donors (Lipinski definition) is 1. The van der Waals surface area contributed by atoms with Gasteiger partial charge in [0.1, 0.15) is 11.6 Å². The molecule has 0 radical (unpaired) electrons. The number of hydrogen-bond acceptors (Lipinski definition) is 3. The lowest BCUT2D eigenvalue weighted by molar-refractivity contribution is -0.307. The molecule has 2 aromatic carbocycles. The molecule has 25 heavy (non-hydrogen) atoms. The molecule has 2 N–H and O–H groups in total. The Hall–Kier alpha value is -2.53. The summed E-state index contributed by atoms with van der Waals surface area (Å²) >= 11 is 0. The van der Waals surface area contributed by atoms with Gasteiger partial charge in [0, 0.05) is 17.7 Å². The van der Waals surface area contributed by atoms with Gasteiger partial charge in [0.15, 0.2) is 0 Å². The molecule has 2 rings (SSSR count). The minimum Gasteiger partial charge on any atom is -0.548 e. The number of halogens is 2. The van der Waals surface area contributed by atoms with Crippen LogP contribution in [-0.4, -0.2) is 12.0 Å². The molecular weight excluding hydrogens is 324 g/mol. The number of aliphatic carboxylic acids is 1. The van der Waals surface area contributed by atoms with Crippen molar-refractivity contribution in [3.63, 3.8) is 0 Å². The lowest BCUT2D eigenvalue weighted by atomic mass is 9.93. The number of carboxylic acid groups (broad SMARTS) is 1. The zero-order chi connectivity index (χ0) is 18.6. The molecule has 0 aromatic heterocycles. The van der Waals surface area contributed by atoms with Gasteiger partial charge >= 0.3 is 0 Å². The minimum atomic E-state index is -1.38. The van der Waals surface area contributed by atoms with Crippen molar-refractivity contribution in [2.75, 3.05) is 0 Å². The highest BCUT2D eigenvalue weighted by Crippen LogP contribution is 2.28. The number of carbonyl (C=O) groups is 1. The maximum Gasteiger partial charge on any atom is 0.133 e. The number of carboxylic acids is 1. The van der Waals surface area contributed by atoms with Crippen LogP contribution in [0.25, 0.3) is 5.57 Å². The van der Waals surface area contributed by atoms with Crippen molar-refractivity contribution < 1.29 is 18.7 Å². The van der Waals surface area contributed by atoms with Gasteiger partial charge in [-0.25, -0.2) is 8.78 Å². The third-order valence-electron chi connectivity index (χ3n) is 3.99. The summed E-state index contributed by atoms with van der Waals surface area (Å²) in [6.07, 6.45) is 1.52. The molecule has 2 aromatic rings. The SMILES string of the molecule is CC(C)c1ccc(/C(=C\C[C@H](N)C(=O)[O-])c2ccc(F)cc2F)cc1. The first-order valence-electron chi connectivity index (χ1n) is 8.02.